The highest BCUT2D eigenvalue weighted by molar-refractivity contribution is 5.89. The molecule has 3 heteroatoms. The lowest BCUT2D eigenvalue weighted by atomic mass is 9.96. The van der Waals surface area contributed by atoms with E-state index in [-0.39, 0.29) is 0 Å². The SMILES string of the molecule is CCc1c(CCN(C)C)cccc1C(=O)O. The molecule has 1 aromatic carbocycles. The Balaban J connectivity index is 2.99. The minimum absolute atomic E-state index is 0.443. The summed E-state index contributed by atoms with van der Waals surface area (Å²) < 4.78 is 0. The average Bonchev–Trinajstić information content (AvgIpc) is 2.25. The molecular formula is C13H19NO2. The van der Waals surface area contributed by atoms with Gasteiger partial charge in [0.1, 0.15) is 0 Å². The number of hydrogen-bond acceptors (Lipinski definition) is 2. The van der Waals surface area contributed by atoms with Crippen LogP contribution < -0.4 is 0 Å². The molecule has 0 aliphatic carbocycles. The van der Waals surface area contributed by atoms with Gasteiger partial charge in [-0.15, -0.1) is 0 Å². The molecule has 0 aromatic heterocycles. The third kappa shape index (κ3) is 3.07. The summed E-state index contributed by atoms with van der Waals surface area (Å²) >= 11 is 0. The first-order chi connectivity index (χ1) is 7.56. The maximum absolute atomic E-state index is 11.1. The Morgan fingerprint density at radius 2 is 2.06 bits per heavy atom. The number of benzene rings is 1. The normalized spacial score (nSPS) is 10.8. The van der Waals surface area contributed by atoms with Crippen molar-refractivity contribution in [2.24, 2.45) is 0 Å². The zero-order valence-corrected chi connectivity index (χ0v) is 10.2. The standard InChI is InChI=1S/C13H19NO2/c1-4-11-10(8-9-14(2)3)6-5-7-12(11)13(15)16/h5-7H,4,8-9H2,1-3H3,(H,15,16). The molecule has 0 bridgehead atoms. The first-order valence-corrected chi connectivity index (χ1v) is 5.55. The monoisotopic (exact) mass is 221 g/mol. The van der Waals surface area contributed by atoms with Crippen LogP contribution in [0.3, 0.4) is 0 Å². The molecule has 88 valence electrons. The maximum atomic E-state index is 11.1. The number of aromatic carboxylic acids is 1. The van der Waals surface area contributed by atoms with Crippen LogP contribution in [0.25, 0.3) is 0 Å². The Bertz CT molecular complexity index is 372. The Morgan fingerprint density at radius 3 is 2.56 bits per heavy atom. The van der Waals surface area contributed by atoms with E-state index in [9.17, 15) is 4.79 Å². The highest BCUT2D eigenvalue weighted by atomic mass is 16.4. The molecule has 1 aromatic rings. The second kappa shape index (κ2) is 5.66. The molecular weight excluding hydrogens is 202 g/mol. The Hall–Kier alpha value is -1.35. The highest BCUT2D eigenvalue weighted by Crippen LogP contribution is 2.16. The molecule has 0 spiro atoms. The van der Waals surface area contributed by atoms with Gasteiger partial charge in [0.2, 0.25) is 0 Å². The smallest absolute Gasteiger partial charge is 0.335 e. The number of carboxylic acids is 1. The predicted molar refractivity (Wildman–Crippen MR) is 65.0 cm³/mol. The van der Waals surface area contributed by atoms with Crippen LogP contribution >= 0.6 is 0 Å². The number of carbonyl (C=O) groups is 1. The number of likely N-dealkylation sites (N-methyl/N-ethyl adjacent to an activating group) is 1. The largest absolute Gasteiger partial charge is 0.478 e. The summed E-state index contributed by atoms with van der Waals surface area (Å²) in [6, 6.07) is 5.53. The quantitative estimate of drug-likeness (QED) is 0.827. The third-order valence-electron chi connectivity index (χ3n) is 2.69. The van der Waals surface area contributed by atoms with Crippen molar-refractivity contribution in [3.63, 3.8) is 0 Å². The van der Waals surface area contributed by atoms with Gasteiger partial charge in [0.25, 0.3) is 0 Å². The van der Waals surface area contributed by atoms with Crippen molar-refractivity contribution in [2.45, 2.75) is 19.8 Å². The van der Waals surface area contributed by atoms with Crippen LogP contribution in [0.5, 0.6) is 0 Å². The summed E-state index contributed by atoms with van der Waals surface area (Å²) in [5.41, 5.74) is 2.56. The molecule has 0 unspecified atom stereocenters. The molecule has 0 aliphatic heterocycles. The fourth-order valence-corrected chi connectivity index (χ4v) is 1.83. The van der Waals surface area contributed by atoms with Crippen LogP contribution in [0.1, 0.15) is 28.4 Å². The Labute approximate surface area is 96.7 Å². The van der Waals surface area contributed by atoms with E-state index < -0.39 is 5.97 Å². The van der Waals surface area contributed by atoms with Gasteiger partial charge in [0.15, 0.2) is 0 Å². The minimum Gasteiger partial charge on any atom is -0.478 e. The molecule has 0 fully saturated rings. The molecule has 3 nitrogen and oxygen atoms in total. The molecule has 0 radical (unpaired) electrons. The molecule has 0 saturated heterocycles. The second-order valence-corrected chi connectivity index (χ2v) is 4.16. The van der Waals surface area contributed by atoms with Crippen molar-refractivity contribution < 1.29 is 9.90 Å². The summed E-state index contributed by atoms with van der Waals surface area (Å²) in [4.78, 5) is 13.2. The van der Waals surface area contributed by atoms with E-state index in [0.29, 0.717) is 5.56 Å². The van der Waals surface area contributed by atoms with E-state index in [1.54, 1.807) is 6.07 Å². The van der Waals surface area contributed by atoms with Gasteiger partial charge in [-0.2, -0.15) is 0 Å². The summed E-state index contributed by atoms with van der Waals surface area (Å²) in [6.07, 6.45) is 1.67. The van der Waals surface area contributed by atoms with Gasteiger partial charge in [-0.05, 0) is 44.1 Å². The summed E-state index contributed by atoms with van der Waals surface area (Å²) in [7, 11) is 4.04. The molecule has 1 N–H and O–H groups in total. The van der Waals surface area contributed by atoms with Crippen LogP contribution in [0.15, 0.2) is 18.2 Å². The first kappa shape index (κ1) is 12.7. The van der Waals surface area contributed by atoms with E-state index >= 15 is 0 Å². The van der Waals surface area contributed by atoms with Crippen LogP contribution in [0.4, 0.5) is 0 Å². The summed E-state index contributed by atoms with van der Waals surface area (Å²) in [5.74, 6) is -0.830. The van der Waals surface area contributed by atoms with Crippen LogP contribution in [-0.4, -0.2) is 36.6 Å². The van der Waals surface area contributed by atoms with Gasteiger partial charge in [-0.3, -0.25) is 0 Å². The van der Waals surface area contributed by atoms with Crippen LogP contribution in [0.2, 0.25) is 0 Å². The Morgan fingerprint density at radius 1 is 1.38 bits per heavy atom. The zero-order valence-electron chi connectivity index (χ0n) is 10.2. The van der Waals surface area contributed by atoms with Crippen molar-refractivity contribution in [1.29, 1.82) is 0 Å². The Kier molecular flexibility index (Phi) is 4.50. The van der Waals surface area contributed by atoms with E-state index in [4.69, 9.17) is 5.11 Å². The van der Waals surface area contributed by atoms with Gasteiger partial charge >= 0.3 is 5.97 Å². The number of hydrogen-bond donors (Lipinski definition) is 1. The van der Waals surface area contributed by atoms with E-state index in [2.05, 4.69) is 4.90 Å². The molecule has 0 heterocycles. The second-order valence-electron chi connectivity index (χ2n) is 4.16. The van der Waals surface area contributed by atoms with Crippen molar-refractivity contribution in [2.75, 3.05) is 20.6 Å². The maximum Gasteiger partial charge on any atom is 0.335 e. The lowest BCUT2D eigenvalue weighted by molar-refractivity contribution is 0.0695. The fourth-order valence-electron chi connectivity index (χ4n) is 1.83. The summed E-state index contributed by atoms with van der Waals surface area (Å²) in [5, 5.41) is 9.09. The van der Waals surface area contributed by atoms with Crippen molar-refractivity contribution >= 4 is 5.97 Å². The van der Waals surface area contributed by atoms with E-state index in [1.807, 2.05) is 33.2 Å². The van der Waals surface area contributed by atoms with Crippen molar-refractivity contribution in [3.05, 3.63) is 34.9 Å². The lowest BCUT2D eigenvalue weighted by Gasteiger charge is -2.13. The number of nitrogens with zero attached hydrogens (tertiary/aromatic N) is 1. The van der Waals surface area contributed by atoms with Crippen molar-refractivity contribution in [1.82, 2.24) is 4.90 Å². The van der Waals surface area contributed by atoms with Gasteiger partial charge < -0.3 is 10.0 Å². The third-order valence-corrected chi connectivity index (χ3v) is 2.69. The zero-order chi connectivity index (χ0) is 12.1. The van der Waals surface area contributed by atoms with E-state index in [0.717, 1.165) is 30.5 Å². The molecule has 0 aliphatic rings. The molecule has 0 saturated carbocycles. The molecule has 16 heavy (non-hydrogen) atoms. The molecule has 0 amide bonds. The first-order valence-electron chi connectivity index (χ1n) is 5.55. The van der Waals surface area contributed by atoms with Crippen molar-refractivity contribution in [3.8, 4) is 0 Å². The summed E-state index contributed by atoms with van der Waals surface area (Å²) in [6.45, 7) is 2.94. The average molecular weight is 221 g/mol. The van der Waals surface area contributed by atoms with Crippen LogP contribution in [0, 0.1) is 0 Å². The minimum atomic E-state index is -0.830. The van der Waals surface area contributed by atoms with Gasteiger partial charge in [0.05, 0.1) is 5.56 Å². The lowest BCUT2D eigenvalue weighted by Crippen LogP contribution is -2.16. The number of rotatable bonds is 5. The molecule has 0 atom stereocenters. The predicted octanol–water partition coefficient (Wildman–Crippen LogP) is 2.05. The van der Waals surface area contributed by atoms with E-state index in [1.165, 1.54) is 0 Å². The van der Waals surface area contributed by atoms with Crippen LogP contribution in [-0.2, 0) is 12.8 Å². The molecule has 1 rings (SSSR count). The fraction of sp³-hybridized carbons (Fsp3) is 0.462. The number of carboxylic acid groups (broad SMARTS) is 1. The topological polar surface area (TPSA) is 40.5 Å². The van der Waals surface area contributed by atoms with Gasteiger partial charge in [0, 0.05) is 6.54 Å². The highest BCUT2D eigenvalue weighted by Gasteiger charge is 2.11. The van der Waals surface area contributed by atoms with Gasteiger partial charge in [-0.1, -0.05) is 19.1 Å². The van der Waals surface area contributed by atoms with Gasteiger partial charge in [-0.25, -0.2) is 4.79 Å².